The van der Waals surface area contributed by atoms with E-state index in [1.807, 2.05) is 0 Å². The lowest BCUT2D eigenvalue weighted by Crippen LogP contribution is -2.20. The van der Waals surface area contributed by atoms with Crippen LogP contribution in [0.4, 0.5) is 4.39 Å². The summed E-state index contributed by atoms with van der Waals surface area (Å²) >= 11 is 0. The highest BCUT2D eigenvalue weighted by Gasteiger charge is 2.27. The SMILES string of the molecule is COC(=O)c1cc(F)c(C#N)c2c1OCCO2. The highest BCUT2D eigenvalue weighted by Crippen LogP contribution is 2.38. The Morgan fingerprint density at radius 3 is 2.71 bits per heavy atom. The molecule has 0 saturated carbocycles. The van der Waals surface area contributed by atoms with Gasteiger partial charge in [-0.1, -0.05) is 0 Å². The van der Waals surface area contributed by atoms with Crippen LogP contribution in [0.3, 0.4) is 0 Å². The van der Waals surface area contributed by atoms with Gasteiger partial charge in [0.1, 0.15) is 36.2 Å². The molecule has 0 bridgehead atoms. The molecule has 0 spiro atoms. The number of benzene rings is 1. The van der Waals surface area contributed by atoms with E-state index < -0.39 is 11.8 Å². The van der Waals surface area contributed by atoms with Crippen molar-refractivity contribution in [3.63, 3.8) is 0 Å². The number of ether oxygens (including phenoxy) is 3. The smallest absolute Gasteiger partial charge is 0.341 e. The maximum Gasteiger partial charge on any atom is 0.341 e. The number of methoxy groups -OCH3 is 1. The topological polar surface area (TPSA) is 68.6 Å². The van der Waals surface area contributed by atoms with Crippen LogP contribution in [0.15, 0.2) is 6.07 Å². The van der Waals surface area contributed by atoms with Gasteiger partial charge in [-0.15, -0.1) is 0 Å². The Hall–Kier alpha value is -2.29. The number of carbonyl (C=O) groups is 1. The van der Waals surface area contributed by atoms with Crippen LogP contribution < -0.4 is 9.47 Å². The van der Waals surface area contributed by atoms with Gasteiger partial charge in [-0.05, 0) is 6.07 Å². The molecule has 0 saturated heterocycles. The van der Waals surface area contributed by atoms with Crippen molar-refractivity contribution in [3.05, 3.63) is 23.0 Å². The number of rotatable bonds is 1. The fourth-order valence-corrected chi connectivity index (χ4v) is 1.54. The molecule has 0 amide bonds. The van der Waals surface area contributed by atoms with Crippen LogP contribution in [0.25, 0.3) is 0 Å². The number of nitriles is 1. The average molecular weight is 237 g/mol. The molecule has 5 nitrogen and oxygen atoms in total. The van der Waals surface area contributed by atoms with E-state index in [-0.39, 0.29) is 35.8 Å². The number of esters is 1. The molecule has 0 radical (unpaired) electrons. The molecule has 17 heavy (non-hydrogen) atoms. The predicted molar refractivity (Wildman–Crippen MR) is 53.4 cm³/mol. The summed E-state index contributed by atoms with van der Waals surface area (Å²) in [6.45, 7) is 0.430. The second-order valence-corrected chi connectivity index (χ2v) is 3.24. The monoisotopic (exact) mass is 237 g/mol. The van der Waals surface area contributed by atoms with Gasteiger partial charge in [0.15, 0.2) is 11.5 Å². The third kappa shape index (κ3) is 1.76. The molecule has 0 atom stereocenters. The molecule has 6 heteroatoms. The Labute approximate surface area is 96.3 Å². The van der Waals surface area contributed by atoms with E-state index in [1.165, 1.54) is 7.11 Å². The molecule has 0 N–H and O–H groups in total. The quantitative estimate of drug-likeness (QED) is 0.687. The Morgan fingerprint density at radius 2 is 2.12 bits per heavy atom. The molecule has 0 aliphatic carbocycles. The van der Waals surface area contributed by atoms with Gasteiger partial charge in [0.2, 0.25) is 0 Å². The number of carbonyl (C=O) groups excluding carboxylic acids is 1. The Balaban J connectivity index is 2.67. The zero-order valence-electron chi connectivity index (χ0n) is 8.95. The highest BCUT2D eigenvalue weighted by atomic mass is 19.1. The van der Waals surface area contributed by atoms with Crippen LogP contribution in [0, 0.1) is 17.1 Å². The summed E-state index contributed by atoms with van der Waals surface area (Å²) < 4.78 is 28.5. The zero-order chi connectivity index (χ0) is 12.4. The van der Waals surface area contributed by atoms with E-state index in [2.05, 4.69) is 4.74 Å². The van der Waals surface area contributed by atoms with Gasteiger partial charge in [-0.25, -0.2) is 9.18 Å². The lowest BCUT2D eigenvalue weighted by atomic mass is 10.1. The first-order chi connectivity index (χ1) is 8.19. The molecule has 1 heterocycles. The molecule has 0 fully saturated rings. The summed E-state index contributed by atoms with van der Waals surface area (Å²) in [4.78, 5) is 11.4. The second-order valence-electron chi connectivity index (χ2n) is 3.24. The predicted octanol–water partition coefficient (Wildman–Crippen LogP) is 1.26. The summed E-state index contributed by atoms with van der Waals surface area (Å²) in [6.07, 6.45) is 0. The van der Waals surface area contributed by atoms with Gasteiger partial charge in [0.05, 0.1) is 7.11 Å². The lowest BCUT2D eigenvalue weighted by molar-refractivity contribution is 0.0589. The highest BCUT2D eigenvalue weighted by molar-refractivity contribution is 5.94. The first kappa shape index (κ1) is 11.2. The summed E-state index contributed by atoms with van der Waals surface area (Å²) in [7, 11) is 1.18. The van der Waals surface area contributed by atoms with Crippen LogP contribution >= 0.6 is 0 Å². The van der Waals surface area contributed by atoms with Gasteiger partial charge in [-0.2, -0.15) is 5.26 Å². The van der Waals surface area contributed by atoms with Crippen molar-refractivity contribution in [2.75, 3.05) is 20.3 Å². The summed E-state index contributed by atoms with van der Waals surface area (Å²) in [5, 5.41) is 8.82. The van der Waals surface area contributed by atoms with Crippen molar-refractivity contribution >= 4 is 5.97 Å². The lowest BCUT2D eigenvalue weighted by Gasteiger charge is -2.21. The Morgan fingerprint density at radius 1 is 1.47 bits per heavy atom. The summed E-state index contributed by atoms with van der Waals surface area (Å²) in [5.41, 5.74) is -0.356. The van der Waals surface area contributed by atoms with E-state index in [9.17, 15) is 9.18 Å². The number of hydrogen-bond acceptors (Lipinski definition) is 5. The molecule has 1 aromatic carbocycles. The fraction of sp³-hybridized carbons (Fsp3) is 0.273. The van der Waals surface area contributed by atoms with Gasteiger partial charge in [0.25, 0.3) is 0 Å². The van der Waals surface area contributed by atoms with Crippen molar-refractivity contribution in [1.82, 2.24) is 0 Å². The molecular formula is C11H8FNO4. The third-order valence-electron chi connectivity index (χ3n) is 2.28. The maximum absolute atomic E-state index is 13.6. The van der Waals surface area contributed by atoms with Crippen molar-refractivity contribution in [3.8, 4) is 17.6 Å². The normalized spacial score (nSPS) is 12.8. The second kappa shape index (κ2) is 4.29. The van der Waals surface area contributed by atoms with E-state index in [0.717, 1.165) is 6.07 Å². The first-order valence-corrected chi connectivity index (χ1v) is 4.79. The van der Waals surface area contributed by atoms with Crippen molar-refractivity contribution in [1.29, 1.82) is 5.26 Å². The van der Waals surface area contributed by atoms with E-state index in [1.54, 1.807) is 6.07 Å². The number of halogens is 1. The molecule has 1 aliphatic heterocycles. The molecule has 1 aromatic rings. The van der Waals surface area contributed by atoms with Crippen LogP contribution in [0.5, 0.6) is 11.5 Å². The number of fused-ring (bicyclic) bond motifs is 1. The summed E-state index contributed by atoms with van der Waals surface area (Å²) in [6, 6.07) is 2.59. The van der Waals surface area contributed by atoms with Crippen LogP contribution in [-0.4, -0.2) is 26.3 Å². The molecule has 1 aliphatic rings. The molecule has 2 rings (SSSR count). The van der Waals surface area contributed by atoms with Gasteiger partial charge in [0, 0.05) is 0 Å². The number of nitrogens with zero attached hydrogens (tertiary/aromatic N) is 1. The maximum atomic E-state index is 13.6. The minimum atomic E-state index is -0.836. The van der Waals surface area contributed by atoms with Crippen molar-refractivity contribution in [2.24, 2.45) is 0 Å². The van der Waals surface area contributed by atoms with E-state index in [4.69, 9.17) is 14.7 Å². The van der Waals surface area contributed by atoms with Crippen LogP contribution in [0.2, 0.25) is 0 Å². The number of hydrogen-bond donors (Lipinski definition) is 0. The van der Waals surface area contributed by atoms with Crippen LogP contribution in [0.1, 0.15) is 15.9 Å². The van der Waals surface area contributed by atoms with E-state index in [0.29, 0.717) is 0 Å². The molecule has 88 valence electrons. The Kier molecular flexibility index (Phi) is 2.83. The fourth-order valence-electron chi connectivity index (χ4n) is 1.54. The third-order valence-corrected chi connectivity index (χ3v) is 2.28. The summed E-state index contributed by atoms with van der Waals surface area (Å²) in [5.74, 6) is -1.56. The molecular weight excluding hydrogens is 229 g/mol. The van der Waals surface area contributed by atoms with Gasteiger partial charge < -0.3 is 14.2 Å². The standard InChI is InChI=1S/C11H8FNO4/c1-15-11(14)6-4-8(12)7(5-13)10-9(6)16-2-3-17-10/h4H,2-3H2,1H3. The van der Waals surface area contributed by atoms with Gasteiger partial charge in [-0.3, -0.25) is 0 Å². The van der Waals surface area contributed by atoms with Crippen molar-refractivity contribution in [2.45, 2.75) is 0 Å². The first-order valence-electron chi connectivity index (χ1n) is 4.79. The minimum Gasteiger partial charge on any atom is -0.485 e. The molecule has 0 aromatic heterocycles. The minimum absolute atomic E-state index is 0.0425. The zero-order valence-corrected chi connectivity index (χ0v) is 8.95. The van der Waals surface area contributed by atoms with Crippen molar-refractivity contribution < 1.29 is 23.4 Å². The average Bonchev–Trinajstić information content (AvgIpc) is 2.37. The van der Waals surface area contributed by atoms with Crippen LogP contribution in [-0.2, 0) is 4.74 Å². The molecule has 0 unspecified atom stereocenters. The van der Waals surface area contributed by atoms with E-state index >= 15 is 0 Å². The van der Waals surface area contributed by atoms with Gasteiger partial charge >= 0.3 is 5.97 Å². The Bertz CT molecular complexity index is 521. The largest absolute Gasteiger partial charge is 0.485 e.